The van der Waals surface area contributed by atoms with Crippen LogP contribution in [-0.4, -0.2) is 63.3 Å². The first kappa shape index (κ1) is 17.4. The van der Waals surface area contributed by atoms with Gasteiger partial charge < -0.3 is 10.2 Å². The average Bonchev–Trinajstić information content (AvgIpc) is 3.05. The number of hydrogen-bond acceptors (Lipinski definition) is 4. The van der Waals surface area contributed by atoms with Crippen LogP contribution in [-0.2, 0) is 13.1 Å². The molecule has 1 aromatic carbocycles. The molecule has 0 unspecified atom stereocenters. The zero-order chi connectivity index (χ0) is 17.3. The topological polar surface area (TPSA) is 66.3 Å². The van der Waals surface area contributed by atoms with E-state index < -0.39 is 0 Å². The molecule has 7 heteroatoms. The van der Waals surface area contributed by atoms with E-state index in [4.69, 9.17) is 0 Å². The normalized spacial score (nSPS) is 15.8. The predicted octanol–water partition coefficient (Wildman–Crippen LogP) is 1.59. The molecule has 3 rings (SSSR count). The van der Waals surface area contributed by atoms with Gasteiger partial charge in [-0.25, -0.2) is 9.78 Å². The zero-order valence-electron chi connectivity index (χ0n) is 14.5. The maximum absolute atomic E-state index is 12.3. The Kier molecular flexibility index (Phi) is 6.39. The van der Waals surface area contributed by atoms with Gasteiger partial charge in [-0.05, 0) is 18.4 Å². The van der Waals surface area contributed by atoms with Crippen molar-refractivity contribution in [2.24, 2.45) is 0 Å². The Bertz CT molecular complexity index is 630. The molecule has 1 fully saturated rings. The number of aryl methyl sites for hydroxylation is 1. The van der Waals surface area contributed by atoms with E-state index in [0.29, 0.717) is 6.54 Å². The van der Waals surface area contributed by atoms with Crippen molar-refractivity contribution in [3.05, 3.63) is 48.5 Å². The molecule has 0 bridgehead atoms. The van der Waals surface area contributed by atoms with Gasteiger partial charge in [0.1, 0.15) is 12.7 Å². The van der Waals surface area contributed by atoms with Gasteiger partial charge in [0.2, 0.25) is 0 Å². The molecule has 2 amide bonds. The summed E-state index contributed by atoms with van der Waals surface area (Å²) < 4.78 is 1.78. The van der Waals surface area contributed by atoms with Gasteiger partial charge in [0.05, 0.1) is 0 Å². The van der Waals surface area contributed by atoms with Crippen LogP contribution in [0, 0.1) is 0 Å². The molecule has 25 heavy (non-hydrogen) atoms. The first-order chi connectivity index (χ1) is 12.3. The Morgan fingerprint density at radius 1 is 1.12 bits per heavy atom. The number of aromatic nitrogens is 3. The fourth-order valence-corrected chi connectivity index (χ4v) is 3.07. The molecule has 1 aliphatic heterocycles. The number of urea groups is 1. The van der Waals surface area contributed by atoms with Gasteiger partial charge in [-0.3, -0.25) is 9.58 Å². The molecule has 134 valence electrons. The van der Waals surface area contributed by atoms with E-state index in [-0.39, 0.29) is 6.03 Å². The van der Waals surface area contributed by atoms with Crippen LogP contribution in [0.15, 0.2) is 43.0 Å². The summed E-state index contributed by atoms with van der Waals surface area (Å²) in [6.45, 7) is 5.93. The lowest BCUT2D eigenvalue weighted by Gasteiger charge is -2.22. The molecule has 1 saturated heterocycles. The van der Waals surface area contributed by atoms with Crippen molar-refractivity contribution in [2.75, 3.05) is 32.7 Å². The highest BCUT2D eigenvalue weighted by Gasteiger charge is 2.18. The third kappa shape index (κ3) is 5.56. The van der Waals surface area contributed by atoms with Crippen LogP contribution in [0.4, 0.5) is 4.79 Å². The second-order valence-electron chi connectivity index (χ2n) is 6.35. The number of hydrogen-bond donors (Lipinski definition) is 1. The fraction of sp³-hybridized carbons (Fsp3) is 0.500. The Balaban J connectivity index is 1.37. The monoisotopic (exact) mass is 342 g/mol. The maximum Gasteiger partial charge on any atom is 0.317 e. The predicted molar refractivity (Wildman–Crippen MR) is 95.9 cm³/mol. The summed E-state index contributed by atoms with van der Waals surface area (Å²) in [5.41, 5.74) is 1.33. The van der Waals surface area contributed by atoms with Crippen LogP contribution in [0.25, 0.3) is 0 Å². The summed E-state index contributed by atoms with van der Waals surface area (Å²) in [5.74, 6) is 0. The molecule has 0 aliphatic carbocycles. The lowest BCUT2D eigenvalue weighted by Crippen LogP contribution is -2.42. The van der Waals surface area contributed by atoms with Crippen molar-refractivity contribution in [3.63, 3.8) is 0 Å². The number of carbonyl (C=O) groups is 1. The molecule has 0 radical (unpaired) electrons. The minimum Gasteiger partial charge on any atom is -0.338 e. The van der Waals surface area contributed by atoms with Crippen LogP contribution in [0.2, 0.25) is 0 Å². The van der Waals surface area contributed by atoms with Crippen LogP contribution in [0.5, 0.6) is 0 Å². The van der Waals surface area contributed by atoms with Crippen LogP contribution in [0.1, 0.15) is 18.4 Å². The SMILES string of the molecule is O=C(NCCCn1cncn1)N1CCCN(Cc2ccccc2)CC1. The highest BCUT2D eigenvalue weighted by molar-refractivity contribution is 5.74. The highest BCUT2D eigenvalue weighted by Crippen LogP contribution is 2.09. The van der Waals surface area contributed by atoms with Gasteiger partial charge in [0.25, 0.3) is 0 Å². The van der Waals surface area contributed by atoms with Gasteiger partial charge >= 0.3 is 6.03 Å². The number of carbonyl (C=O) groups excluding carboxylic acids is 1. The van der Waals surface area contributed by atoms with E-state index in [1.807, 2.05) is 11.0 Å². The summed E-state index contributed by atoms with van der Waals surface area (Å²) in [6.07, 6.45) is 5.08. The molecule has 1 aliphatic rings. The highest BCUT2D eigenvalue weighted by atomic mass is 16.2. The summed E-state index contributed by atoms with van der Waals surface area (Å²) in [6, 6.07) is 10.6. The van der Waals surface area contributed by atoms with E-state index >= 15 is 0 Å². The Morgan fingerprint density at radius 3 is 2.80 bits per heavy atom. The number of benzene rings is 1. The molecular weight excluding hydrogens is 316 g/mol. The van der Waals surface area contributed by atoms with Crippen molar-refractivity contribution in [2.45, 2.75) is 25.9 Å². The lowest BCUT2D eigenvalue weighted by molar-refractivity contribution is 0.197. The van der Waals surface area contributed by atoms with Gasteiger partial charge in [0.15, 0.2) is 0 Å². The second kappa shape index (κ2) is 9.17. The maximum atomic E-state index is 12.3. The number of rotatable bonds is 6. The van der Waals surface area contributed by atoms with Crippen LogP contribution in [0.3, 0.4) is 0 Å². The van der Waals surface area contributed by atoms with E-state index in [9.17, 15) is 4.79 Å². The molecule has 0 saturated carbocycles. The van der Waals surface area contributed by atoms with Crippen molar-refractivity contribution in [1.82, 2.24) is 29.9 Å². The quantitative estimate of drug-likeness (QED) is 0.810. The zero-order valence-corrected chi connectivity index (χ0v) is 14.5. The number of nitrogens with one attached hydrogen (secondary N) is 1. The molecule has 0 atom stereocenters. The third-order valence-electron chi connectivity index (χ3n) is 4.43. The molecular formula is C18H26N6O. The van der Waals surface area contributed by atoms with Crippen molar-refractivity contribution in [1.29, 1.82) is 0 Å². The number of amides is 2. The summed E-state index contributed by atoms with van der Waals surface area (Å²) >= 11 is 0. The standard InChI is InChI=1S/C18H26N6O/c25-18(20-8-4-11-24-16-19-15-21-24)23-10-5-9-22(12-13-23)14-17-6-2-1-3-7-17/h1-3,6-7,15-16H,4-5,8-14H2,(H,20,25). The third-order valence-corrected chi connectivity index (χ3v) is 4.43. The second-order valence-corrected chi connectivity index (χ2v) is 6.35. The van der Waals surface area contributed by atoms with Gasteiger partial charge in [0, 0.05) is 45.8 Å². The molecule has 2 heterocycles. The molecule has 1 N–H and O–H groups in total. The minimum atomic E-state index is 0.0418. The van der Waals surface area contributed by atoms with Crippen LogP contribution < -0.4 is 5.32 Å². The molecule has 1 aromatic heterocycles. The van der Waals surface area contributed by atoms with Crippen molar-refractivity contribution < 1.29 is 4.79 Å². The summed E-state index contributed by atoms with van der Waals surface area (Å²) in [5, 5.41) is 7.07. The van der Waals surface area contributed by atoms with Crippen LogP contribution >= 0.6 is 0 Å². The first-order valence-corrected chi connectivity index (χ1v) is 8.93. The lowest BCUT2D eigenvalue weighted by atomic mass is 10.2. The Labute approximate surface area is 148 Å². The van der Waals surface area contributed by atoms with Gasteiger partial charge in [-0.15, -0.1) is 0 Å². The van der Waals surface area contributed by atoms with E-state index in [1.165, 1.54) is 11.9 Å². The Hall–Kier alpha value is -2.41. The summed E-state index contributed by atoms with van der Waals surface area (Å²) in [7, 11) is 0. The smallest absolute Gasteiger partial charge is 0.317 e. The van der Waals surface area contributed by atoms with E-state index in [0.717, 1.165) is 52.1 Å². The Morgan fingerprint density at radius 2 is 2.00 bits per heavy atom. The largest absolute Gasteiger partial charge is 0.338 e. The first-order valence-electron chi connectivity index (χ1n) is 8.93. The van der Waals surface area contributed by atoms with Gasteiger partial charge in [-0.2, -0.15) is 5.10 Å². The molecule has 7 nitrogen and oxygen atoms in total. The van der Waals surface area contributed by atoms with Crippen molar-refractivity contribution in [3.8, 4) is 0 Å². The fourth-order valence-electron chi connectivity index (χ4n) is 3.07. The van der Waals surface area contributed by atoms with Gasteiger partial charge in [-0.1, -0.05) is 30.3 Å². The van der Waals surface area contributed by atoms with Crippen molar-refractivity contribution >= 4 is 6.03 Å². The van der Waals surface area contributed by atoms with E-state index in [1.54, 1.807) is 11.0 Å². The summed E-state index contributed by atoms with van der Waals surface area (Å²) in [4.78, 5) is 20.6. The number of nitrogens with zero attached hydrogens (tertiary/aromatic N) is 5. The molecule has 2 aromatic rings. The minimum absolute atomic E-state index is 0.0418. The molecule has 0 spiro atoms. The van der Waals surface area contributed by atoms with E-state index in [2.05, 4.69) is 44.6 Å². The average molecular weight is 342 g/mol.